The lowest BCUT2D eigenvalue weighted by Gasteiger charge is -2.19. The van der Waals surface area contributed by atoms with E-state index in [0.29, 0.717) is 17.2 Å². The van der Waals surface area contributed by atoms with Crippen LogP contribution in [0.4, 0.5) is 5.69 Å². The van der Waals surface area contributed by atoms with Crippen LogP contribution in [0.5, 0.6) is 17.2 Å². The van der Waals surface area contributed by atoms with Crippen molar-refractivity contribution in [3.8, 4) is 17.2 Å². The number of carbonyl (C=O) groups is 2. The summed E-state index contributed by atoms with van der Waals surface area (Å²) in [7, 11) is 4.38. The SMILES string of the molecule is CC[C@H](C)c1ccccc1NC(=O)[C@H](C)OC(=O)c1cc(OC)c(OC)cc1OC. The fraction of sp³-hybridized carbons (Fsp3) is 0.391. The molecule has 0 aliphatic carbocycles. The van der Waals surface area contributed by atoms with Crippen LogP contribution >= 0.6 is 0 Å². The zero-order valence-corrected chi connectivity index (χ0v) is 18.3. The van der Waals surface area contributed by atoms with E-state index < -0.39 is 18.0 Å². The Bertz CT molecular complexity index is 895. The molecule has 0 bridgehead atoms. The standard InChI is InChI=1S/C23H29NO6/c1-7-14(2)16-10-8-9-11-18(16)24-22(25)15(3)30-23(26)17-12-20(28-5)21(29-6)13-19(17)27-4/h8-15H,7H2,1-6H3,(H,24,25)/t14-,15-/m0/s1. The van der Waals surface area contributed by atoms with Gasteiger partial charge in [0.05, 0.1) is 21.3 Å². The van der Waals surface area contributed by atoms with Crippen LogP contribution < -0.4 is 19.5 Å². The van der Waals surface area contributed by atoms with Crippen molar-refractivity contribution in [1.82, 2.24) is 0 Å². The first kappa shape index (κ1) is 23.1. The van der Waals surface area contributed by atoms with Gasteiger partial charge in [-0.05, 0) is 30.9 Å². The van der Waals surface area contributed by atoms with Crippen LogP contribution in [0.3, 0.4) is 0 Å². The maximum atomic E-state index is 12.7. The largest absolute Gasteiger partial charge is 0.496 e. The van der Waals surface area contributed by atoms with Gasteiger partial charge >= 0.3 is 5.97 Å². The molecule has 162 valence electrons. The summed E-state index contributed by atoms with van der Waals surface area (Å²) in [6, 6.07) is 10.6. The van der Waals surface area contributed by atoms with E-state index >= 15 is 0 Å². The molecular formula is C23H29NO6. The molecule has 2 aromatic rings. The molecule has 0 aliphatic rings. The lowest BCUT2D eigenvalue weighted by Crippen LogP contribution is -2.30. The summed E-state index contributed by atoms with van der Waals surface area (Å²) in [5.74, 6) is 0.190. The molecule has 7 heteroatoms. The van der Waals surface area contributed by atoms with E-state index in [2.05, 4.69) is 19.2 Å². The van der Waals surface area contributed by atoms with Crippen molar-refractivity contribution in [3.63, 3.8) is 0 Å². The number of ether oxygens (including phenoxy) is 4. The molecule has 0 aromatic heterocycles. The number of para-hydroxylation sites is 1. The first-order valence-corrected chi connectivity index (χ1v) is 9.76. The Morgan fingerprint density at radius 1 is 0.933 bits per heavy atom. The molecule has 1 N–H and O–H groups in total. The number of amides is 1. The summed E-state index contributed by atoms with van der Waals surface area (Å²) in [4.78, 5) is 25.4. The van der Waals surface area contributed by atoms with E-state index in [1.165, 1.54) is 40.4 Å². The average Bonchev–Trinajstić information content (AvgIpc) is 2.77. The van der Waals surface area contributed by atoms with Gasteiger partial charge in [-0.3, -0.25) is 4.79 Å². The number of hydrogen-bond acceptors (Lipinski definition) is 6. The van der Waals surface area contributed by atoms with Crippen LogP contribution in [0.25, 0.3) is 0 Å². The Balaban J connectivity index is 2.17. The number of anilines is 1. The summed E-state index contributed by atoms with van der Waals surface area (Å²) in [5.41, 5.74) is 1.88. The van der Waals surface area contributed by atoms with Gasteiger partial charge < -0.3 is 24.3 Å². The number of methoxy groups -OCH3 is 3. The topological polar surface area (TPSA) is 83.1 Å². The van der Waals surface area contributed by atoms with Crippen LogP contribution in [0.2, 0.25) is 0 Å². The molecule has 2 atom stereocenters. The first-order valence-electron chi connectivity index (χ1n) is 9.76. The van der Waals surface area contributed by atoms with Gasteiger partial charge in [0.25, 0.3) is 5.91 Å². The number of hydrogen-bond donors (Lipinski definition) is 1. The van der Waals surface area contributed by atoms with Crippen molar-refractivity contribution in [1.29, 1.82) is 0 Å². The van der Waals surface area contributed by atoms with E-state index in [1.54, 1.807) is 0 Å². The normalized spacial score (nSPS) is 12.5. The third-order valence-corrected chi connectivity index (χ3v) is 4.94. The number of nitrogens with one attached hydrogen (secondary N) is 1. The van der Waals surface area contributed by atoms with Gasteiger partial charge in [0.2, 0.25) is 0 Å². The summed E-state index contributed by atoms with van der Waals surface area (Å²) in [5, 5.41) is 2.86. The van der Waals surface area contributed by atoms with Crippen molar-refractivity contribution in [2.75, 3.05) is 26.6 Å². The number of rotatable bonds is 9. The van der Waals surface area contributed by atoms with Gasteiger partial charge in [-0.1, -0.05) is 32.0 Å². The fourth-order valence-electron chi connectivity index (χ4n) is 2.96. The highest BCUT2D eigenvalue weighted by Gasteiger charge is 2.24. The van der Waals surface area contributed by atoms with Gasteiger partial charge in [-0.2, -0.15) is 0 Å². The summed E-state index contributed by atoms with van der Waals surface area (Å²) >= 11 is 0. The smallest absolute Gasteiger partial charge is 0.342 e. The molecule has 0 fully saturated rings. The predicted molar refractivity (Wildman–Crippen MR) is 115 cm³/mol. The quantitative estimate of drug-likeness (QED) is 0.611. The summed E-state index contributed by atoms with van der Waals surface area (Å²) in [6.45, 7) is 5.70. The lowest BCUT2D eigenvalue weighted by atomic mass is 9.97. The monoisotopic (exact) mass is 415 g/mol. The molecule has 0 saturated heterocycles. The minimum Gasteiger partial charge on any atom is -0.496 e. The van der Waals surface area contributed by atoms with Crippen molar-refractivity contribution in [3.05, 3.63) is 47.5 Å². The number of carbonyl (C=O) groups excluding carboxylic acids is 2. The molecule has 2 aromatic carbocycles. The lowest BCUT2D eigenvalue weighted by molar-refractivity contribution is -0.123. The van der Waals surface area contributed by atoms with Gasteiger partial charge in [-0.25, -0.2) is 4.79 Å². The first-order chi connectivity index (χ1) is 14.4. The second-order valence-corrected chi connectivity index (χ2v) is 6.84. The van der Waals surface area contributed by atoms with Crippen LogP contribution in [-0.2, 0) is 9.53 Å². The molecule has 0 radical (unpaired) electrons. The Labute approximate surface area is 177 Å². The number of esters is 1. The highest BCUT2D eigenvalue weighted by Crippen LogP contribution is 2.35. The van der Waals surface area contributed by atoms with E-state index in [-0.39, 0.29) is 17.2 Å². The summed E-state index contributed by atoms with van der Waals surface area (Å²) < 4.78 is 21.1. The molecule has 2 rings (SSSR count). The minimum absolute atomic E-state index is 0.134. The Hall–Kier alpha value is -3.22. The zero-order valence-electron chi connectivity index (χ0n) is 18.3. The maximum Gasteiger partial charge on any atom is 0.342 e. The molecule has 0 unspecified atom stereocenters. The van der Waals surface area contributed by atoms with Gasteiger partial charge in [0.1, 0.15) is 11.3 Å². The Kier molecular flexibility index (Phi) is 8.09. The fourth-order valence-corrected chi connectivity index (χ4v) is 2.96. The second kappa shape index (κ2) is 10.5. The summed E-state index contributed by atoms with van der Waals surface area (Å²) in [6.07, 6.45) is -0.0726. The van der Waals surface area contributed by atoms with Crippen LogP contribution in [0.15, 0.2) is 36.4 Å². The van der Waals surface area contributed by atoms with E-state index in [1.807, 2.05) is 24.3 Å². The van der Waals surface area contributed by atoms with Crippen molar-refractivity contribution in [2.24, 2.45) is 0 Å². The predicted octanol–water partition coefficient (Wildman–Crippen LogP) is 4.41. The van der Waals surface area contributed by atoms with Crippen molar-refractivity contribution < 1.29 is 28.5 Å². The molecule has 1 amide bonds. The molecule has 0 spiro atoms. The maximum absolute atomic E-state index is 12.7. The highest BCUT2D eigenvalue weighted by molar-refractivity contribution is 5.99. The number of benzene rings is 2. The molecule has 0 aliphatic heterocycles. The molecular weight excluding hydrogens is 386 g/mol. The Morgan fingerprint density at radius 3 is 2.13 bits per heavy atom. The molecule has 7 nitrogen and oxygen atoms in total. The van der Waals surface area contributed by atoms with Crippen LogP contribution in [0.1, 0.15) is 49.0 Å². The van der Waals surface area contributed by atoms with Gasteiger partial charge in [-0.15, -0.1) is 0 Å². The third kappa shape index (κ3) is 5.23. The molecule has 0 heterocycles. The highest BCUT2D eigenvalue weighted by atomic mass is 16.6. The minimum atomic E-state index is -1.01. The van der Waals surface area contributed by atoms with E-state index in [4.69, 9.17) is 18.9 Å². The van der Waals surface area contributed by atoms with E-state index in [9.17, 15) is 9.59 Å². The third-order valence-electron chi connectivity index (χ3n) is 4.94. The zero-order chi connectivity index (χ0) is 22.3. The van der Waals surface area contributed by atoms with Gasteiger partial charge in [0, 0.05) is 17.8 Å². The average molecular weight is 415 g/mol. The van der Waals surface area contributed by atoms with Crippen molar-refractivity contribution in [2.45, 2.75) is 39.2 Å². The molecule has 0 saturated carbocycles. The van der Waals surface area contributed by atoms with Crippen LogP contribution in [-0.4, -0.2) is 39.3 Å². The van der Waals surface area contributed by atoms with E-state index in [0.717, 1.165) is 12.0 Å². The molecule has 30 heavy (non-hydrogen) atoms. The Morgan fingerprint density at radius 2 is 1.53 bits per heavy atom. The second-order valence-electron chi connectivity index (χ2n) is 6.84. The van der Waals surface area contributed by atoms with Gasteiger partial charge in [0.15, 0.2) is 17.6 Å². The van der Waals surface area contributed by atoms with Crippen LogP contribution in [0, 0.1) is 0 Å². The van der Waals surface area contributed by atoms with Crippen molar-refractivity contribution >= 4 is 17.6 Å².